The third-order valence-electron chi connectivity index (χ3n) is 3.76. The number of aliphatic hydroxyl groups is 1. The number of piperidine rings is 1. The predicted molar refractivity (Wildman–Crippen MR) is 71.1 cm³/mol. The van der Waals surface area contributed by atoms with E-state index in [2.05, 4.69) is 0 Å². The molecule has 1 aliphatic heterocycles. The molecule has 3 nitrogen and oxygen atoms in total. The lowest BCUT2D eigenvalue weighted by Crippen LogP contribution is -2.43. The third kappa shape index (κ3) is 3.77. The second-order valence-corrected chi connectivity index (χ2v) is 5.29. The average Bonchev–Trinajstić information content (AvgIpc) is 2.41. The lowest BCUT2D eigenvalue weighted by atomic mass is 9.93. The van der Waals surface area contributed by atoms with Gasteiger partial charge in [0.15, 0.2) is 0 Å². The van der Waals surface area contributed by atoms with Gasteiger partial charge in [-0.05, 0) is 37.5 Å². The summed E-state index contributed by atoms with van der Waals surface area (Å²) in [5, 5.41) is 9.62. The molecule has 1 fully saturated rings. The molecular weight excluding hydrogens is 245 g/mol. The number of hydrogen-bond acceptors (Lipinski definition) is 2. The van der Waals surface area contributed by atoms with E-state index >= 15 is 0 Å². The summed E-state index contributed by atoms with van der Waals surface area (Å²) in [7, 11) is 0. The van der Waals surface area contributed by atoms with Crippen LogP contribution in [0.4, 0.5) is 4.39 Å². The molecule has 0 saturated carbocycles. The fraction of sp³-hybridized carbons (Fsp3) is 0.533. The Kier molecular flexibility index (Phi) is 4.53. The third-order valence-corrected chi connectivity index (χ3v) is 3.76. The minimum atomic E-state index is -0.374. The second-order valence-electron chi connectivity index (χ2n) is 5.29. The number of carbonyl (C=O) groups excluding carboxylic acids is 1. The maximum absolute atomic E-state index is 12.8. The highest BCUT2D eigenvalue weighted by atomic mass is 19.1. The minimum absolute atomic E-state index is 0.0527. The first-order chi connectivity index (χ1) is 9.06. The van der Waals surface area contributed by atoms with Gasteiger partial charge in [0.25, 0.3) is 0 Å². The van der Waals surface area contributed by atoms with Crippen molar-refractivity contribution in [1.82, 2.24) is 4.90 Å². The van der Waals surface area contributed by atoms with Crippen molar-refractivity contribution in [2.24, 2.45) is 5.92 Å². The average molecular weight is 265 g/mol. The normalized spacial score (nSPS) is 21.2. The molecule has 1 aromatic carbocycles. The monoisotopic (exact) mass is 265 g/mol. The van der Waals surface area contributed by atoms with Gasteiger partial charge in [-0.15, -0.1) is 0 Å². The highest BCUT2D eigenvalue weighted by Crippen LogP contribution is 2.20. The van der Waals surface area contributed by atoms with Crippen LogP contribution in [0.5, 0.6) is 0 Å². The Hall–Kier alpha value is -1.42. The van der Waals surface area contributed by atoms with Crippen LogP contribution in [0.25, 0.3) is 0 Å². The molecule has 0 spiro atoms. The van der Waals surface area contributed by atoms with Crippen molar-refractivity contribution >= 4 is 5.91 Å². The lowest BCUT2D eigenvalue weighted by Gasteiger charge is -2.34. The van der Waals surface area contributed by atoms with Gasteiger partial charge in [-0.25, -0.2) is 4.39 Å². The van der Waals surface area contributed by atoms with E-state index in [0.29, 0.717) is 13.0 Å². The molecule has 1 saturated heterocycles. The molecule has 2 unspecified atom stereocenters. The summed E-state index contributed by atoms with van der Waals surface area (Å²) in [6.45, 7) is 3.15. The van der Waals surface area contributed by atoms with Gasteiger partial charge in [0.05, 0.1) is 12.5 Å². The molecule has 0 aromatic heterocycles. The zero-order chi connectivity index (χ0) is 13.8. The highest BCUT2D eigenvalue weighted by Gasteiger charge is 2.26. The zero-order valence-corrected chi connectivity index (χ0v) is 11.2. The van der Waals surface area contributed by atoms with Crippen LogP contribution in [0.15, 0.2) is 24.3 Å². The Morgan fingerprint density at radius 2 is 2.16 bits per heavy atom. The number of benzene rings is 1. The molecule has 1 amide bonds. The Bertz CT molecular complexity index is 430. The molecule has 1 heterocycles. The van der Waals surface area contributed by atoms with Crippen molar-refractivity contribution in [2.75, 3.05) is 13.1 Å². The van der Waals surface area contributed by atoms with Gasteiger partial charge in [0.1, 0.15) is 5.82 Å². The molecule has 0 aliphatic carbocycles. The van der Waals surface area contributed by atoms with Crippen molar-refractivity contribution < 1.29 is 14.3 Å². The predicted octanol–water partition coefficient (Wildman–Crippen LogP) is 1.99. The highest BCUT2D eigenvalue weighted by molar-refractivity contribution is 5.78. The van der Waals surface area contributed by atoms with E-state index in [0.717, 1.165) is 24.9 Å². The van der Waals surface area contributed by atoms with Gasteiger partial charge in [0.2, 0.25) is 5.91 Å². The second kappa shape index (κ2) is 6.15. The molecule has 104 valence electrons. The Morgan fingerprint density at radius 3 is 2.79 bits per heavy atom. The first-order valence-corrected chi connectivity index (χ1v) is 6.76. The van der Waals surface area contributed by atoms with Crippen LogP contribution in [0.1, 0.15) is 25.3 Å². The van der Waals surface area contributed by atoms with E-state index < -0.39 is 0 Å². The first-order valence-electron chi connectivity index (χ1n) is 6.76. The van der Waals surface area contributed by atoms with Crippen LogP contribution in [-0.2, 0) is 11.2 Å². The van der Waals surface area contributed by atoms with Crippen LogP contribution < -0.4 is 0 Å². The lowest BCUT2D eigenvalue weighted by molar-refractivity contribution is -0.133. The number of nitrogens with zero attached hydrogens (tertiary/aromatic N) is 1. The van der Waals surface area contributed by atoms with Crippen LogP contribution in [-0.4, -0.2) is 35.1 Å². The van der Waals surface area contributed by atoms with Crippen LogP contribution in [0, 0.1) is 11.7 Å². The molecule has 1 aliphatic rings. The van der Waals surface area contributed by atoms with E-state index in [-0.39, 0.29) is 23.7 Å². The first kappa shape index (κ1) is 14.0. The minimum Gasteiger partial charge on any atom is -0.393 e. The molecule has 0 radical (unpaired) electrons. The van der Waals surface area contributed by atoms with Crippen LogP contribution in [0.3, 0.4) is 0 Å². The number of rotatable bonds is 3. The van der Waals surface area contributed by atoms with E-state index in [9.17, 15) is 14.3 Å². The van der Waals surface area contributed by atoms with E-state index in [4.69, 9.17) is 0 Å². The molecule has 0 bridgehead atoms. The SMILES string of the molecule is CC(O)C1CCCN(C(=O)Cc2ccc(F)cc2)C1. The van der Waals surface area contributed by atoms with Crippen LogP contribution >= 0.6 is 0 Å². The Morgan fingerprint density at radius 1 is 1.47 bits per heavy atom. The quantitative estimate of drug-likeness (QED) is 0.908. The Balaban J connectivity index is 1.94. The summed E-state index contributed by atoms with van der Waals surface area (Å²) < 4.78 is 12.8. The summed E-state index contributed by atoms with van der Waals surface area (Å²) in [6, 6.07) is 6.03. The van der Waals surface area contributed by atoms with E-state index in [1.807, 2.05) is 4.90 Å². The molecular formula is C15H20FNO2. The van der Waals surface area contributed by atoms with Gasteiger partial charge >= 0.3 is 0 Å². The van der Waals surface area contributed by atoms with E-state index in [1.165, 1.54) is 12.1 Å². The van der Waals surface area contributed by atoms with Crippen LogP contribution in [0.2, 0.25) is 0 Å². The standard InChI is InChI=1S/C15H20FNO2/c1-11(18)13-3-2-8-17(10-13)15(19)9-12-4-6-14(16)7-5-12/h4-7,11,13,18H,2-3,8-10H2,1H3. The summed E-state index contributed by atoms with van der Waals surface area (Å²) in [5.74, 6) is -0.0637. The molecule has 4 heteroatoms. The number of aliphatic hydroxyl groups excluding tert-OH is 1. The zero-order valence-electron chi connectivity index (χ0n) is 11.2. The smallest absolute Gasteiger partial charge is 0.227 e. The Labute approximate surface area is 113 Å². The van der Waals surface area contributed by atoms with Crippen molar-refractivity contribution in [3.05, 3.63) is 35.6 Å². The molecule has 1 N–H and O–H groups in total. The number of amides is 1. The van der Waals surface area contributed by atoms with Crippen molar-refractivity contribution in [1.29, 1.82) is 0 Å². The van der Waals surface area contributed by atoms with Gasteiger partial charge in [-0.1, -0.05) is 12.1 Å². The maximum atomic E-state index is 12.8. The van der Waals surface area contributed by atoms with Crippen molar-refractivity contribution in [3.8, 4) is 0 Å². The summed E-state index contributed by atoms with van der Waals surface area (Å²) >= 11 is 0. The summed E-state index contributed by atoms with van der Waals surface area (Å²) in [5.41, 5.74) is 0.825. The van der Waals surface area contributed by atoms with Gasteiger partial charge in [0, 0.05) is 19.0 Å². The largest absolute Gasteiger partial charge is 0.393 e. The van der Waals surface area contributed by atoms with E-state index in [1.54, 1.807) is 19.1 Å². The van der Waals surface area contributed by atoms with Gasteiger partial charge < -0.3 is 10.0 Å². The molecule has 19 heavy (non-hydrogen) atoms. The fourth-order valence-electron chi connectivity index (χ4n) is 2.52. The number of hydrogen-bond donors (Lipinski definition) is 1. The molecule has 2 atom stereocenters. The van der Waals surface area contributed by atoms with Crippen molar-refractivity contribution in [2.45, 2.75) is 32.3 Å². The summed E-state index contributed by atoms with van der Waals surface area (Å²) in [4.78, 5) is 14.0. The number of likely N-dealkylation sites (tertiary alicyclic amines) is 1. The molecule has 2 rings (SSSR count). The molecule has 1 aromatic rings. The van der Waals surface area contributed by atoms with Gasteiger partial charge in [-0.3, -0.25) is 4.79 Å². The summed E-state index contributed by atoms with van der Waals surface area (Å²) in [6.07, 6.45) is 1.83. The van der Waals surface area contributed by atoms with Crippen molar-refractivity contribution in [3.63, 3.8) is 0 Å². The number of carbonyl (C=O) groups is 1. The fourth-order valence-corrected chi connectivity index (χ4v) is 2.52. The topological polar surface area (TPSA) is 40.5 Å². The maximum Gasteiger partial charge on any atom is 0.227 e. The number of halogens is 1. The van der Waals surface area contributed by atoms with Gasteiger partial charge in [-0.2, -0.15) is 0 Å².